The number of hydrogen-bond donors (Lipinski definition) is 2. The van der Waals surface area contributed by atoms with Crippen LogP contribution in [0, 0.1) is 13.8 Å². The minimum absolute atomic E-state index is 0.251. The third-order valence-corrected chi connectivity index (χ3v) is 3.42. The largest absolute Gasteiger partial charge is 0.494 e. The van der Waals surface area contributed by atoms with Crippen molar-refractivity contribution in [2.75, 3.05) is 6.61 Å². The molecule has 0 bridgehead atoms. The summed E-state index contributed by atoms with van der Waals surface area (Å²) in [4.78, 5) is 7.76. The van der Waals surface area contributed by atoms with Crippen LogP contribution in [0.25, 0.3) is 0 Å². The Balaban J connectivity index is 1.97. The predicted octanol–water partition coefficient (Wildman–Crippen LogP) is 3.28. The van der Waals surface area contributed by atoms with Crippen LogP contribution in [0.5, 0.6) is 5.75 Å². The summed E-state index contributed by atoms with van der Waals surface area (Å²) in [5.41, 5.74) is 3.41. The van der Waals surface area contributed by atoms with Gasteiger partial charge < -0.3 is 15.0 Å². The van der Waals surface area contributed by atoms with E-state index in [2.05, 4.69) is 34.3 Å². The molecule has 0 aliphatic rings. The van der Waals surface area contributed by atoms with Gasteiger partial charge in [-0.1, -0.05) is 12.1 Å². The number of benzene rings is 1. The Morgan fingerprint density at radius 1 is 1.35 bits per heavy atom. The highest BCUT2D eigenvalue weighted by atomic mass is 16.5. The molecule has 4 heteroatoms. The van der Waals surface area contributed by atoms with E-state index >= 15 is 0 Å². The first-order valence-electron chi connectivity index (χ1n) is 7.08. The lowest BCUT2D eigenvalue weighted by molar-refractivity contribution is 0.339. The zero-order chi connectivity index (χ0) is 14.5. The Labute approximate surface area is 120 Å². The van der Waals surface area contributed by atoms with E-state index in [0.717, 1.165) is 29.5 Å². The number of nitrogens with one attached hydrogen (secondary N) is 2. The standard InChI is InChI=1S/C16H23N3O/c1-5-20-15-8-6-7-14(9-15)13(4)17-10-16-18-11(2)12(3)19-16/h6-9,13,17H,5,10H2,1-4H3,(H,18,19). The molecule has 4 nitrogen and oxygen atoms in total. The highest BCUT2D eigenvalue weighted by molar-refractivity contribution is 5.30. The third-order valence-electron chi connectivity index (χ3n) is 3.42. The van der Waals surface area contributed by atoms with Crippen molar-refractivity contribution in [3.05, 3.63) is 47.0 Å². The minimum atomic E-state index is 0.251. The van der Waals surface area contributed by atoms with E-state index in [1.165, 1.54) is 5.56 Å². The van der Waals surface area contributed by atoms with Crippen LogP contribution < -0.4 is 10.1 Å². The second-order valence-corrected chi connectivity index (χ2v) is 5.00. The van der Waals surface area contributed by atoms with Crippen molar-refractivity contribution in [1.29, 1.82) is 0 Å². The molecule has 0 amide bonds. The molecule has 1 heterocycles. The van der Waals surface area contributed by atoms with Gasteiger partial charge >= 0.3 is 0 Å². The van der Waals surface area contributed by atoms with Gasteiger partial charge in [-0.15, -0.1) is 0 Å². The first-order valence-corrected chi connectivity index (χ1v) is 7.08. The molecule has 0 aliphatic carbocycles. The van der Waals surface area contributed by atoms with E-state index in [4.69, 9.17) is 4.74 Å². The van der Waals surface area contributed by atoms with Crippen LogP contribution >= 0.6 is 0 Å². The molecule has 2 rings (SSSR count). The Morgan fingerprint density at radius 3 is 2.80 bits per heavy atom. The Hall–Kier alpha value is -1.81. The molecular weight excluding hydrogens is 250 g/mol. The highest BCUT2D eigenvalue weighted by Gasteiger charge is 2.08. The maximum atomic E-state index is 5.53. The first kappa shape index (κ1) is 14.6. The minimum Gasteiger partial charge on any atom is -0.494 e. The number of aromatic nitrogens is 2. The van der Waals surface area contributed by atoms with Crippen LogP contribution in [0.4, 0.5) is 0 Å². The normalized spacial score (nSPS) is 12.4. The van der Waals surface area contributed by atoms with Crippen molar-refractivity contribution >= 4 is 0 Å². The van der Waals surface area contributed by atoms with Gasteiger partial charge in [0.1, 0.15) is 11.6 Å². The average Bonchev–Trinajstić information content (AvgIpc) is 2.76. The van der Waals surface area contributed by atoms with Gasteiger partial charge in [0.05, 0.1) is 18.8 Å². The van der Waals surface area contributed by atoms with Gasteiger partial charge in [-0.2, -0.15) is 0 Å². The Bertz CT molecular complexity index is 543. The molecule has 2 aromatic rings. The Kier molecular flexibility index (Phi) is 4.79. The van der Waals surface area contributed by atoms with Gasteiger partial charge in [0.25, 0.3) is 0 Å². The number of H-pyrrole nitrogens is 1. The van der Waals surface area contributed by atoms with Crippen molar-refractivity contribution in [3.8, 4) is 5.75 Å². The molecule has 0 fully saturated rings. The second-order valence-electron chi connectivity index (χ2n) is 5.00. The molecule has 0 saturated heterocycles. The lowest BCUT2D eigenvalue weighted by Crippen LogP contribution is -2.19. The van der Waals surface area contributed by atoms with Crippen molar-refractivity contribution in [2.24, 2.45) is 0 Å². The van der Waals surface area contributed by atoms with Gasteiger partial charge in [0.15, 0.2) is 0 Å². The van der Waals surface area contributed by atoms with Crippen LogP contribution in [0.3, 0.4) is 0 Å². The van der Waals surface area contributed by atoms with Crippen molar-refractivity contribution < 1.29 is 4.74 Å². The molecule has 0 aliphatic heterocycles. The fourth-order valence-electron chi connectivity index (χ4n) is 2.11. The highest BCUT2D eigenvalue weighted by Crippen LogP contribution is 2.19. The molecule has 0 radical (unpaired) electrons. The average molecular weight is 273 g/mol. The molecule has 108 valence electrons. The number of imidazole rings is 1. The lowest BCUT2D eigenvalue weighted by atomic mass is 10.1. The monoisotopic (exact) mass is 273 g/mol. The molecule has 1 unspecified atom stereocenters. The Morgan fingerprint density at radius 2 is 2.15 bits per heavy atom. The predicted molar refractivity (Wildman–Crippen MR) is 80.9 cm³/mol. The van der Waals surface area contributed by atoms with Crippen molar-refractivity contribution in [3.63, 3.8) is 0 Å². The summed E-state index contributed by atoms with van der Waals surface area (Å²) in [7, 11) is 0. The van der Waals surface area contributed by atoms with E-state index in [-0.39, 0.29) is 6.04 Å². The fraction of sp³-hybridized carbons (Fsp3) is 0.438. The van der Waals surface area contributed by atoms with E-state index in [1.54, 1.807) is 0 Å². The summed E-state index contributed by atoms with van der Waals surface area (Å²) < 4.78 is 5.53. The van der Waals surface area contributed by atoms with Crippen LogP contribution in [0.1, 0.15) is 42.7 Å². The smallest absolute Gasteiger partial charge is 0.120 e. The number of ether oxygens (including phenoxy) is 1. The summed E-state index contributed by atoms with van der Waals surface area (Å²) in [6.45, 7) is 9.62. The second kappa shape index (κ2) is 6.57. The number of aromatic amines is 1. The molecule has 20 heavy (non-hydrogen) atoms. The summed E-state index contributed by atoms with van der Waals surface area (Å²) >= 11 is 0. The van der Waals surface area contributed by atoms with Gasteiger partial charge in [-0.05, 0) is 45.4 Å². The van der Waals surface area contributed by atoms with Gasteiger partial charge in [-0.25, -0.2) is 4.98 Å². The van der Waals surface area contributed by atoms with Crippen LogP contribution in [-0.2, 0) is 6.54 Å². The van der Waals surface area contributed by atoms with Gasteiger partial charge in [0, 0.05) is 11.7 Å². The van der Waals surface area contributed by atoms with Crippen LogP contribution in [0.2, 0.25) is 0 Å². The topological polar surface area (TPSA) is 49.9 Å². The quantitative estimate of drug-likeness (QED) is 0.849. The molecule has 1 aromatic heterocycles. The SMILES string of the molecule is CCOc1cccc(C(C)NCc2nc(C)c(C)[nH]2)c1. The van der Waals surface area contributed by atoms with Crippen LogP contribution in [0.15, 0.2) is 24.3 Å². The fourth-order valence-corrected chi connectivity index (χ4v) is 2.11. The number of aryl methyl sites for hydroxylation is 2. The van der Waals surface area contributed by atoms with Crippen LogP contribution in [-0.4, -0.2) is 16.6 Å². The molecule has 1 atom stereocenters. The zero-order valence-electron chi connectivity index (χ0n) is 12.7. The maximum absolute atomic E-state index is 5.53. The molecule has 0 spiro atoms. The van der Waals surface area contributed by atoms with Crippen molar-refractivity contribution in [1.82, 2.24) is 15.3 Å². The first-order chi connectivity index (χ1) is 9.60. The maximum Gasteiger partial charge on any atom is 0.120 e. The summed E-state index contributed by atoms with van der Waals surface area (Å²) in [5, 5.41) is 3.48. The van der Waals surface area contributed by atoms with Gasteiger partial charge in [-0.3, -0.25) is 0 Å². The number of rotatable bonds is 6. The third kappa shape index (κ3) is 3.61. The number of nitrogens with zero attached hydrogens (tertiary/aromatic N) is 1. The molecule has 2 N–H and O–H groups in total. The summed E-state index contributed by atoms with van der Waals surface area (Å²) in [5.74, 6) is 1.90. The molecular formula is C16H23N3O. The van der Waals surface area contributed by atoms with Crippen molar-refractivity contribution in [2.45, 2.75) is 40.3 Å². The van der Waals surface area contributed by atoms with E-state index in [9.17, 15) is 0 Å². The summed E-state index contributed by atoms with van der Waals surface area (Å²) in [6, 6.07) is 8.46. The summed E-state index contributed by atoms with van der Waals surface area (Å²) in [6.07, 6.45) is 0. The molecule has 0 saturated carbocycles. The lowest BCUT2D eigenvalue weighted by Gasteiger charge is -2.14. The number of hydrogen-bond acceptors (Lipinski definition) is 3. The molecule has 1 aromatic carbocycles. The van der Waals surface area contributed by atoms with E-state index < -0.39 is 0 Å². The van der Waals surface area contributed by atoms with Gasteiger partial charge in [0.2, 0.25) is 0 Å². The zero-order valence-corrected chi connectivity index (χ0v) is 12.7. The van der Waals surface area contributed by atoms with E-state index in [0.29, 0.717) is 6.61 Å². The van der Waals surface area contributed by atoms with E-state index in [1.807, 2.05) is 32.9 Å².